The van der Waals surface area contributed by atoms with Crippen LogP contribution >= 0.6 is 0 Å². The summed E-state index contributed by atoms with van der Waals surface area (Å²) in [6.07, 6.45) is 5.50. The van der Waals surface area contributed by atoms with Gasteiger partial charge >= 0.3 is 11.9 Å². The Bertz CT molecular complexity index is 810. The largest absolute Gasteiger partial charge is 0.473 e. The van der Waals surface area contributed by atoms with Gasteiger partial charge in [-0.2, -0.15) is 0 Å². The smallest absolute Gasteiger partial charge is 0.414 e. The number of H-pyrrole nitrogens is 1. The van der Waals surface area contributed by atoms with Crippen molar-refractivity contribution < 1.29 is 29.0 Å². The second kappa shape index (κ2) is 8.28. The zero-order valence-corrected chi connectivity index (χ0v) is 13.7. The van der Waals surface area contributed by atoms with Crippen LogP contribution in [0.25, 0.3) is 11.0 Å². The number of carbonyl (C=O) groups is 3. The molecule has 6 N–H and O–H groups in total. The summed E-state index contributed by atoms with van der Waals surface area (Å²) in [5, 5.41) is 18.7. The fraction of sp³-hybridized carbons (Fsp3) is 0.375. The number of halogens is 1. The number of pyridine rings is 1. The van der Waals surface area contributed by atoms with E-state index >= 15 is 0 Å². The quantitative estimate of drug-likeness (QED) is 0.515. The van der Waals surface area contributed by atoms with Crippen LogP contribution in [0, 0.1) is 0 Å². The fourth-order valence-electron chi connectivity index (χ4n) is 2.78. The fourth-order valence-corrected chi connectivity index (χ4v) is 2.78. The van der Waals surface area contributed by atoms with Crippen molar-refractivity contribution >= 4 is 34.6 Å². The number of nitrogens with zero attached hydrogens (tertiary/aromatic N) is 1. The minimum Gasteiger partial charge on any atom is -0.473 e. The zero-order valence-electron chi connectivity index (χ0n) is 13.7. The normalized spacial score (nSPS) is 19.3. The molecule has 0 aromatic carbocycles. The van der Waals surface area contributed by atoms with E-state index in [0.29, 0.717) is 23.3 Å². The number of hydrogen-bond acceptors (Lipinski definition) is 5. The number of fused-ring (bicyclic) bond motifs is 1. The standard InChI is InChI=1S/C14H17FN4O.C2H2O4/c15-10-3-1-2-4-11(10)19-12-8-5-6-17-14(8)18-7-9(12)13(16)20;3-1(4)2(5)6/h5-7,10-11H,1-4H2,(H2,16,20)(H2,17,18,19);(H,3,4)(H,5,6)/t10-,11+;/m0./s1. The summed E-state index contributed by atoms with van der Waals surface area (Å²) < 4.78 is 14.0. The Morgan fingerprint density at radius 2 is 1.88 bits per heavy atom. The molecule has 0 unspecified atom stereocenters. The molecule has 9 nitrogen and oxygen atoms in total. The van der Waals surface area contributed by atoms with Gasteiger partial charge in [0.05, 0.1) is 17.3 Å². The number of carboxylic acids is 2. The Morgan fingerprint density at radius 1 is 1.23 bits per heavy atom. The van der Waals surface area contributed by atoms with E-state index in [1.54, 1.807) is 6.20 Å². The molecule has 1 aliphatic rings. The van der Waals surface area contributed by atoms with Crippen LogP contribution in [-0.4, -0.2) is 50.2 Å². The van der Waals surface area contributed by atoms with Gasteiger partial charge in [0, 0.05) is 17.8 Å². The van der Waals surface area contributed by atoms with Crippen molar-refractivity contribution in [2.24, 2.45) is 5.73 Å². The monoisotopic (exact) mass is 366 g/mol. The van der Waals surface area contributed by atoms with E-state index in [-0.39, 0.29) is 6.04 Å². The molecule has 0 spiro atoms. The highest BCUT2D eigenvalue weighted by Gasteiger charge is 2.26. The third-order valence-corrected chi connectivity index (χ3v) is 4.05. The molecule has 1 fully saturated rings. The van der Waals surface area contributed by atoms with Gasteiger partial charge in [0.2, 0.25) is 0 Å². The van der Waals surface area contributed by atoms with Gasteiger partial charge in [-0.05, 0) is 18.9 Å². The van der Waals surface area contributed by atoms with Crippen molar-refractivity contribution in [3.63, 3.8) is 0 Å². The first-order valence-corrected chi connectivity index (χ1v) is 7.94. The number of rotatable bonds is 3. The van der Waals surface area contributed by atoms with Gasteiger partial charge in [-0.15, -0.1) is 0 Å². The van der Waals surface area contributed by atoms with Crippen LogP contribution in [0.2, 0.25) is 0 Å². The number of carbonyl (C=O) groups excluding carboxylic acids is 1. The van der Waals surface area contributed by atoms with Crippen LogP contribution in [0.3, 0.4) is 0 Å². The Labute approximate surface area is 147 Å². The second-order valence-corrected chi connectivity index (χ2v) is 5.81. The molecule has 0 radical (unpaired) electrons. The lowest BCUT2D eigenvalue weighted by Crippen LogP contribution is -2.34. The molecular formula is C16H19FN4O5. The summed E-state index contributed by atoms with van der Waals surface area (Å²) in [5.41, 5.74) is 6.93. The van der Waals surface area contributed by atoms with Gasteiger partial charge in [-0.25, -0.2) is 19.0 Å². The average molecular weight is 366 g/mol. The van der Waals surface area contributed by atoms with Gasteiger partial charge in [0.1, 0.15) is 11.8 Å². The van der Waals surface area contributed by atoms with Crippen molar-refractivity contribution in [1.82, 2.24) is 9.97 Å². The number of hydrogen-bond donors (Lipinski definition) is 5. The van der Waals surface area contributed by atoms with Crippen molar-refractivity contribution in [3.8, 4) is 0 Å². The van der Waals surface area contributed by atoms with E-state index in [9.17, 15) is 9.18 Å². The van der Waals surface area contributed by atoms with Crippen LogP contribution in [0.4, 0.5) is 10.1 Å². The molecule has 0 saturated heterocycles. The molecule has 0 aliphatic heterocycles. The maximum Gasteiger partial charge on any atom is 0.414 e. The summed E-state index contributed by atoms with van der Waals surface area (Å²) in [5.74, 6) is -4.21. The van der Waals surface area contributed by atoms with Crippen molar-refractivity contribution in [2.75, 3.05) is 5.32 Å². The summed E-state index contributed by atoms with van der Waals surface area (Å²) >= 11 is 0. The number of nitrogens with one attached hydrogen (secondary N) is 2. The molecule has 1 saturated carbocycles. The van der Waals surface area contributed by atoms with Gasteiger partial charge in [0.25, 0.3) is 5.91 Å². The lowest BCUT2D eigenvalue weighted by Gasteiger charge is -2.28. The van der Waals surface area contributed by atoms with Crippen LogP contribution < -0.4 is 11.1 Å². The lowest BCUT2D eigenvalue weighted by atomic mass is 9.93. The number of nitrogens with two attached hydrogens (primary N) is 1. The second-order valence-electron chi connectivity index (χ2n) is 5.81. The third kappa shape index (κ3) is 4.47. The van der Waals surface area contributed by atoms with E-state index in [2.05, 4.69) is 15.3 Å². The summed E-state index contributed by atoms with van der Waals surface area (Å²) in [7, 11) is 0. The van der Waals surface area contributed by atoms with Gasteiger partial charge in [-0.3, -0.25) is 4.79 Å². The maximum atomic E-state index is 14.0. The summed E-state index contributed by atoms with van der Waals surface area (Å²) in [6, 6.07) is 1.54. The first-order chi connectivity index (χ1) is 12.3. The first-order valence-electron chi connectivity index (χ1n) is 7.94. The molecule has 2 heterocycles. The van der Waals surface area contributed by atoms with Crippen LogP contribution in [0.15, 0.2) is 18.5 Å². The molecule has 0 bridgehead atoms. The molecule has 3 rings (SSSR count). The highest BCUT2D eigenvalue weighted by atomic mass is 19.1. The number of aromatic nitrogens is 2. The van der Waals surface area contributed by atoms with Gasteiger partial charge in [0.15, 0.2) is 0 Å². The third-order valence-electron chi connectivity index (χ3n) is 4.05. The number of carboxylic acid groups (broad SMARTS) is 2. The first kappa shape index (κ1) is 19.2. The van der Waals surface area contributed by atoms with E-state index in [4.69, 9.17) is 25.5 Å². The molecular weight excluding hydrogens is 347 g/mol. The number of anilines is 1. The predicted octanol–water partition coefficient (Wildman–Crippen LogP) is 1.51. The highest BCUT2D eigenvalue weighted by Crippen LogP contribution is 2.30. The highest BCUT2D eigenvalue weighted by molar-refractivity contribution is 6.27. The number of aromatic amines is 1. The van der Waals surface area contributed by atoms with Gasteiger partial charge < -0.3 is 26.2 Å². The van der Waals surface area contributed by atoms with Gasteiger partial charge in [-0.1, -0.05) is 12.8 Å². The van der Waals surface area contributed by atoms with Crippen LogP contribution in [-0.2, 0) is 9.59 Å². The Morgan fingerprint density at radius 3 is 2.46 bits per heavy atom. The van der Waals surface area contributed by atoms with Crippen molar-refractivity contribution in [1.29, 1.82) is 0 Å². The molecule has 2 aromatic heterocycles. The molecule has 1 amide bonds. The van der Waals surface area contributed by atoms with E-state index < -0.39 is 24.0 Å². The average Bonchev–Trinajstić information content (AvgIpc) is 3.06. The van der Waals surface area contributed by atoms with Crippen LogP contribution in [0.1, 0.15) is 36.0 Å². The summed E-state index contributed by atoms with van der Waals surface area (Å²) in [4.78, 5) is 36.9. The minimum absolute atomic E-state index is 0.276. The van der Waals surface area contributed by atoms with E-state index in [0.717, 1.165) is 24.6 Å². The molecule has 26 heavy (non-hydrogen) atoms. The SMILES string of the molecule is NC(=O)c1cnc2[nH]ccc2c1N[C@@H]1CCCC[C@@H]1F.O=C(O)C(=O)O. The Kier molecular flexibility index (Phi) is 6.10. The maximum absolute atomic E-state index is 14.0. The molecule has 10 heteroatoms. The number of alkyl halides is 1. The predicted molar refractivity (Wildman–Crippen MR) is 90.7 cm³/mol. The molecule has 1 aliphatic carbocycles. The van der Waals surface area contributed by atoms with Crippen LogP contribution in [0.5, 0.6) is 0 Å². The summed E-state index contributed by atoms with van der Waals surface area (Å²) in [6.45, 7) is 0. The van der Waals surface area contributed by atoms with E-state index in [1.165, 1.54) is 6.20 Å². The topological polar surface area (TPSA) is 158 Å². The molecule has 2 aromatic rings. The van der Waals surface area contributed by atoms with Crippen molar-refractivity contribution in [3.05, 3.63) is 24.0 Å². The number of amides is 1. The van der Waals surface area contributed by atoms with E-state index in [1.807, 2.05) is 6.07 Å². The number of aliphatic carboxylic acids is 2. The molecule has 2 atom stereocenters. The number of primary amides is 1. The van der Waals surface area contributed by atoms with Crippen molar-refractivity contribution in [2.45, 2.75) is 37.9 Å². The minimum atomic E-state index is -1.82. The Hall–Kier alpha value is -3.17. The molecule has 140 valence electrons. The Balaban J connectivity index is 0.000000352. The zero-order chi connectivity index (χ0) is 19.3. The lowest BCUT2D eigenvalue weighted by molar-refractivity contribution is -0.159.